The first-order valence-electron chi connectivity index (χ1n) is 7.82. The molecule has 3 rings (SSSR count). The smallest absolute Gasteiger partial charge is 0.233 e. The average Bonchev–Trinajstić information content (AvgIpc) is 2.97. The highest BCUT2D eigenvalue weighted by atomic mass is 16.2. The number of rotatable bonds is 3. The van der Waals surface area contributed by atoms with Gasteiger partial charge in [-0.15, -0.1) is 0 Å². The fraction of sp³-hybridized carbons (Fsp3) is 0.867. The zero-order valence-corrected chi connectivity index (χ0v) is 11.7. The molecule has 0 radical (unpaired) electrons. The van der Waals surface area contributed by atoms with Crippen molar-refractivity contribution in [3.63, 3.8) is 0 Å². The Balaban J connectivity index is 1.64. The Hall–Kier alpha value is -0.900. The molecule has 3 aliphatic rings. The molecule has 1 saturated heterocycles. The zero-order valence-electron chi connectivity index (χ0n) is 11.7. The SMILES string of the molecule is CCNC1CCC(N2C(=O)C3CCCC3C2=O)CC1. The maximum Gasteiger partial charge on any atom is 0.233 e. The van der Waals surface area contributed by atoms with Crippen LogP contribution in [0.1, 0.15) is 51.9 Å². The maximum absolute atomic E-state index is 12.4. The third-order valence-electron chi connectivity index (χ3n) is 5.18. The Morgan fingerprint density at radius 3 is 2.11 bits per heavy atom. The number of carbonyl (C=O) groups is 2. The monoisotopic (exact) mass is 264 g/mol. The number of amides is 2. The molecule has 19 heavy (non-hydrogen) atoms. The van der Waals surface area contributed by atoms with Gasteiger partial charge < -0.3 is 5.32 Å². The zero-order chi connectivity index (χ0) is 13.4. The standard InChI is InChI=1S/C15H24N2O2/c1-2-16-10-6-8-11(9-7-10)17-14(18)12-4-3-5-13(12)15(17)19/h10-13,16H,2-9H2,1H3. The van der Waals surface area contributed by atoms with Crippen molar-refractivity contribution in [1.82, 2.24) is 10.2 Å². The molecule has 2 amide bonds. The van der Waals surface area contributed by atoms with Gasteiger partial charge in [0.05, 0.1) is 11.8 Å². The summed E-state index contributed by atoms with van der Waals surface area (Å²) in [4.78, 5) is 26.4. The summed E-state index contributed by atoms with van der Waals surface area (Å²) in [6.07, 6.45) is 7.05. The molecule has 4 nitrogen and oxygen atoms in total. The van der Waals surface area contributed by atoms with E-state index < -0.39 is 0 Å². The quantitative estimate of drug-likeness (QED) is 0.789. The second-order valence-corrected chi connectivity index (χ2v) is 6.25. The molecule has 0 aromatic rings. The highest BCUT2D eigenvalue weighted by molar-refractivity contribution is 6.05. The number of nitrogens with zero attached hydrogens (tertiary/aromatic N) is 1. The van der Waals surface area contributed by atoms with Gasteiger partial charge in [0.2, 0.25) is 11.8 Å². The van der Waals surface area contributed by atoms with E-state index in [0.717, 1.165) is 51.5 Å². The molecule has 2 saturated carbocycles. The van der Waals surface area contributed by atoms with Crippen LogP contribution >= 0.6 is 0 Å². The van der Waals surface area contributed by atoms with Crippen LogP contribution in [-0.2, 0) is 9.59 Å². The van der Waals surface area contributed by atoms with E-state index in [2.05, 4.69) is 12.2 Å². The van der Waals surface area contributed by atoms with Gasteiger partial charge in [-0.05, 0) is 45.1 Å². The summed E-state index contributed by atoms with van der Waals surface area (Å²) in [5.74, 6) is 0.330. The van der Waals surface area contributed by atoms with Crippen LogP contribution in [0.4, 0.5) is 0 Å². The second kappa shape index (κ2) is 5.23. The fourth-order valence-electron chi connectivity index (χ4n) is 4.20. The number of carbonyl (C=O) groups excluding carboxylic acids is 2. The van der Waals surface area contributed by atoms with Crippen molar-refractivity contribution in [1.29, 1.82) is 0 Å². The minimum atomic E-state index is 0.0268. The molecule has 1 heterocycles. The van der Waals surface area contributed by atoms with Crippen LogP contribution in [0.2, 0.25) is 0 Å². The number of fused-ring (bicyclic) bond motifs is 1. The van der Waals surface area contributed by atoms with E-state index in [4.69, 9.17) is 0 Å². The van der Waals surface area contributed by atoms with E-state index in [1.54, 1.807) is 4.90 Å². The summed E-state index contributed by atoms with van der Waals surface area (Å²) >= 11 is 0. The van der Waals surface area contributed by atoms with Crippen molar-refractivity contribution in [3.8, 4) is 0 Å². The van der Waals surface area contributed by atoms with Gasteiger partial charge in [0.15, 0.2) is 0 Å². The molecule has 0 bridgehead atoms. The molecule has 0 aromatic heterocycles. The highest BCUT2D eigenvalue weighted by Gasteiger charge is 2.51. The largest absolute Gasteiger partial charge is 0.314 e. The van der Waals surface area contributed by atoms with E-state index in [1.165, 1.54) is 0 Å². The van der Waals surface area contributed by atoms with Gasteiger partial charge in [-0.25, -0.2) is 0 Å². The number of nitrogens with one attached hydrogen (secondary N) is 1. The summed E-state index contributed by atoms with van der Waals surface area (Å²) in [5.41, 5.74) is 0. The van der Waals surface area contributed by atoms with Crippen molar-refractivity contribution in [2.24, 2.45) is 11.8 Å². The molecule has 1 aliphatic heterocycles. The van der Waals surface area contributed by atoms with Crippen LogP contribution in [0.15, 0.2) is 0 Å². The van der Waals surface area contributed by atoms with E-state index in [9.17, 15) is 9.59 Å². The Morgan fingerprint density at radius 2 is 1.58 bits per heavy atom. The lowest BCUT2D eigenvalue weighted by Gasteiger charge is -2.34. The Bertz CT molecular complexity index is 352. The van der Waals surface area contributed by atoms with Crippen molar-refractivity contribution >= 4 is 11.8 Å². The second-order valence-electron chi connectivity index (χ2n) is 6.25. The van der Waals surface area contributed by atoms with Crippen molar-refractivity contribution in [2.75, 3.05) is 6.54 Å². The molecular formula is C15H24N2O2. The van der Waals surface area contributed by atoms with Crippen molar-refractivity contribution < 1.29 is 9.59 Å². The number of likely N-dealkylation sites (tertiary alicyclic amines) is 1. The van der Waals surface area contributed by atoms with Gasteiger partial charge in [0, 0.05) is 12.1 Å². The number of hydrogen-bond acceptors (Lipinski definition) is 3. The Labute approximate surface area is 114 Å². The molecule has 106 valence electrons. The number of imide groups is 1. The van der Waals surface area contributed by atoms with Gasteiger partial charge in [0.1, 0.15) is 0 Å². The normalized spacial score (nSPS) is 38.9. The van der Waals surface area contributed by atoms with Gasteiger partial charge in [0.25, 0.3) is 0 Å². The van der Waals surface area contributed by atoms with Crippen molar-refractivity contribution in [3.05, 3.63) is 0 Å². The van der Waals surface area contributed by atoms with E-state index in [-0.39, 0.29) is 29.7 Å². The lowest BCUT2D eigenvalue weighted by atomic mass is 9.90. The predicted molar refractivity (Wildman–Crippen MR) is 72.4 cm³/mol. The van der Waals surface area contributed by atoms with Gasteiger partial charge in [-0.3, -0.25) is 14.5 Å². The third-order valence-corrected chi connectivity index (χ3v) is 5.18. The van der Waals surface area contributed by atoms with Crippen LogP contribution in [0, 0.1) is 11.8 Å². The van der Waals surface area contributed by atoms with Gasteiger partial charge in [-0.1, -0.05) is 13.3 Å². The summed E-state index contributed by atoms with van der Waals surface area (Å²) in [5, 5.41) is 3.47. The first-order chi connectivity index (χ1) is 9.22. The predicted octanol–water partition coefficient (Wildman–Crippen LogP) is 1.69. The molecule has 2 atom stereocenters. The molecule has 3 fully saturated rings. The van der Waals surface area contributed by atoms with E-state index >= 15 is 0 Å². The minimum Gasteiger partial charge on any atom is -0.314 e. The number of hydrogen-bond donors (Lipinski definition) is 1. The fourth-order valence-corrected chi connectivity index (χ4v) is 4.20. The van der Waals surface area contributed by atoms with E-state index in [1.807, 2.05) is 0 Å². The highest BCUT2D eigenvalue weighted by Crippen LogP contribution is 2.42. The lowest BCUT2D eigenvalue weighted by Crippen LogP contribution is -2.45. The first kappa shape index (κ1) is 13.1. The van der Waals surface area contributed by atoms with Gasteiger partial charge in [-0.2, -0.15) is 0 Å². The summed E-state index contributed by atoms with van der Waals surface area (Å²) < 4.78 is 0. The molecule has 0 spiro atoms. The summed E-state index contributed by atoms with van der Waals surface area (Å²) in [7, 11) is 0. The Kier molecular flexibility index (Phi) is 3.61. The molecule has 2 aliphatic carbocycles. The topological polar surface area (TPSA) is 49.4 Å². The average molecular weight is 264 g/mol. The summed E-state index contributed by atoms with van der Waals surface area (Å²) in [6, 6.07) is 0.758. The van der Waals surface area contributed by atoms with E-state index in [0.29, 0.717) is 6.04 Å². The molecule has 4 heteroatoms. The first-order valence-corrected chi connectivity index (χ1v) is 7.82. The van der Waals surface area contributed by atoms with Crippen molar-refractivity contribution in [2.45, 2.75) is 64.0 Å². The van der Waals surface area contributed by atoms with Crippen LogP contribution in [0.5, 0.6) is 0 Å². The molecular weight excluding hydrogens is 240 g/mol. The maximum atomic E-state index is 12.4. The Morgan fingerprint density at radius 1 is 1.00 bits per heavy atom. The van der Waals surface area contributed by atoms with Crippen LogP contribution in [0.25, 0.3) is 0 Å². The lowest BCUT2D eigenvalue weighted by molar-refractivity contribution is -0.143. The van der Waals surface area contributed by atoms with Gasteiger partial charge >= 0.3 is 0 Å². The van der Waals surface area contributed by atoms with Crippen LogP contribution in [0.3, 0.4) is 0 Å². The molecule has 1 N–H and O–H groups in total. The van der Waals surface area contributed by atoms with Crippen LogP contribution < -0.4 is 5.32 Å². The third kappa shape index (κ3) is 2.20. The minimum absolute atomic E-state index is 0.0268. The molecule has 0 aromatic carbocycles. The summed E-state index contributed by atoms with van der Waals surface area (Å²) in [6.45, 7) is 3.13. The van der Waals surface area contributed by atoms with Crippen LogP contribution in [-0.4, -0.2) is 35.3 Å². The molecule has 2 unspecified atom stereocenters.